The summed E-state index contributed by atoms with van der Waals surface area (Å²) in [4.78, 5) is 14.8. The maximum atomic E-state index is 4.96. The number of hydrogen-bond donors (Lipinski definition) is 0. The summed E-state index contributed by atoms with van der Waals surface area (Å²) < 4.78 is 0.953. The Morgan fingerprint density at radius 3 is 0.977 bits per heavy atom. The molecule has 4 heteroatoms. The van der Waals surface area contributed by atoms with E-state index in [0.717, 1.165) is 43.4 Å². The highest BCUT2D eigenvalue weighted by molar-refractivity contribution is 9.10. The third-order valence-electron chi connectivity index (χ3n) is 7.34. The molecule has 0 atom stereocenters. The standard InChI is InChI=1S/C39H26BrN3/c40-36-25-34(33-22-31(27-13-5-1-6-14-27)21-32(23-33)28-15-7-2-8-16-28)24-35(26-36)39-42-37(29-17-9-3-10-18-29)41-38(43-39)30-19-11-4-12-20-30/h1-26H. The Morgan fingerprint density at radius 2 is 0.558 bits per heavy atom. The number of nitrogens with zero attached hydrogens (tertiary/aromatic N) is 3. The van der Waals surface area contributed by atoms with E-state index in [1.54, 1.807) is 0 Å². The van der Waals surface area contributed by atoms with Crippen LogP contribution in [0.3, 0.4) is 0 Å². The van der Waals surface area contributed by atoms with Gasteiger partial charge in [0.1, 0.15) is 0 Å². The molecule has 1 aromatic heterocycles. The van der Waals surface area contributed by atoms with Crippen molar-refractivity contribution in [2.24, 2.45) is 0 Å². The first-order valence-electron chi connectivity index (χ1n) is 14.1. The molecular weight excluding hydrogens is 590 g/mol. The average Bonchev–Trinajstić information content (AvgIpc) is 3.09. The maximum absolute atomic E-state index is 4.96. The Kier molecular flexibility index (Phi) is 7.43. The van der Waals surface area contributed by atoms with Gasteiger partial charge >= 0.3 is 0 Å². The molecule has 0 saturated carbocycles. The summed E-state index contributed by atoms with van der Waals surface area (Å²) >= 11 is 3.79. The van der Waals surface area contributed by atoms with Crippen LogP contribution < -0.4 is 0 Å². The first kappa shape index (κ1) is 26.7. The predicted octanol–water partition coefficient (Wildman–Crippen LogP) is 10.6. The number of rotatable bonds is 6. The fourth-order valence-electron chi connectivity index (χ4n) is 5.21. The highest BCUT2D eigenvalue weighted by Gasteiger charge is 2.15. The normalized spacial score (nSPS) is 10.9. The van der Waals surface area contributed by atoms with E-state index in [1.807, 2.05) is 72.8 Å². The van der Waals surface area contributed by atoms with Crippen LogP contribution in [-0.2, 0) is 0 Å². The van der Waals surface area contributed by atoms with Crippen molar-refractivity contribution in [1.82, 2.24) is 15.0 Å². The number of benzene rings is 6. The molecule has 0 N–H and O–H groups in total. The van der Waals surface area contributed by atoms with Crippen LogP contribution >= 0.6 is 15.9 Å². The monoisotopic (exact) mass is 615 g/mol. The van der Waals surface area contributed by atoms with Gasteiger partial charge in [0.15, 0.2) is 17.5 Å². The molecule has 7 aromatic rings. The van der Waals surface area contributed by atoms with Crippen molar-refractivity contribution in [3.8, 4) is 67.5 Å². The molecule has 0 unspecified atom stereocenters. The molecule has 43 heavy (non-hydrogen) atoms. The Hall–Kier alpha value is -5.19. The summed E-state index contributed by atoms with van der Waals surface area (Å²) in [5, 5.41) is 0. The zero-order chi connectivity index (χ0) is 29.0. The second kappa shape index (κ2) is 12.0. The summed E-state index contributed by atoms with van der Waals surface area (Å²) in [5.74, 6) is 1.91. The molecule has 0 radical (unpaired) electrons. The van der Waals surface area contributed by atoms with Crippen LogP contribution in [0.15, 0.2) is 162 Å². The lowest BCUT2D eigenvalue weighted by molar-refractivity contribution is 1.07. The molecule has 0 saturated heterocycles. The Morgan fingerprint density at radius 1 is 0.279 bits per heavy atom. The molecule has 0 spiro atoms. The van der Waals surface area contributed by atoms with Gasteiger partial charge in [-0.2, -0.15) is 0 Å². The summed E-state index contributed by atoms with van der Waals surface area (Å²) in [7, 11) is 0. The third kappa shape index (κ3) is 5.92. The van der Waals surface area contributed by atoms with Crippen LogP contribution in [0, 0.1) is 0 Å². The largest absolute Gasteiger partial charge is 0.208 e. The molecule has 0 amide bonds. The topological polar surface area (TPSA) is 38.7 Å². The molecule has 7 rings (SSSR count). The molecule has 1 heterocycles. The summed E-state index contributed by atoms with van der Waals surface area (Å²) in [6.45, 7) is 0. The Balaban J connectivity index is 1.40. The van der Waals surface area contributed by atoms with E-state index in [0.29, 0.717) is 17.5 Å². The van der Waals surface area contributed by atoms with Gasteiger partial charge in [-0.25, -0.2) is 15.0 Å². The molecule has 204 valence electrons. The molecule has 0 bridgehead atoms. The lowest BCUT2D eigenvalue weighted by Crippen LogP contribution is -2.00. The van der Waals surface area contributed by atoms with Crippen molar-refractivity contribution in [2.45, 2.75) is 0 Å². The number of hydrogen-bond acceptors (Lipinski definition) is 3. The maximum Gasteiger partial charge on any atom is 0.164 e. The molecular formula is C39H26BrN3. The lowest BCUT2D eigenvalue weighted by atomic mass is 9.93. The second-order valence-electron chi connectivity index (χ2n) is 10.3. The summed E-state index contributed by atoms with van der Waals surface area (Å²) in [6.07, 6.45) is 0. The van der Waals surface area contributed by atoms with Crippen molar-refractivity contribution < 1.29 is 0 Å². The molecule has 0 fully saturated rings. The quantitative estimate of drug-likeness (QED) is 0.187. The van der Waals surface area contributed by atoms with E-state index in [9.17, 15) is 0 Å². The van der Waals surface area contributed by atoms with Crippen LogP contribution in [0.4, 0.5) is 0 Å². The van der Waals surface area contributed by atoms with E-state index >= 15 is 0 Å². The smallest absolute Gasteiger partial charge is 0.164 e. The van der Waals surface area contributed by atoms with Crippen molar-refractivity contribution in [1.29, 1.82) is 0 Å². The molecule has 0 aliphatic carbocycles. The summed E-state index contributed by atoms with van der Waals surface area (Å²) in [5.41, 5.74) is 9.66. The lowest BCUT2D eigenvalue weighted by Gasteiger charge is -2.13. The molecule has 6 aromatic carbocycles. The van der Waals surface area contributed by atoms with Crippen LogP contribution in [-0.4, -0.2) is 15.0 Å². The fraction of sp³-hybridized carbons (Fsp3) is 0. The molecule has 0 aliphatic rings. The first-order valence-corrected chi connectivity index (χ1v) is 14.9. The van der Waals surface area contributed by atoms with Gasteiger partial charge in [-0.05, 0) is 69.8 Å². The zero-order valence-corrected chi connectivity index (χ0v) is 24.8. The average molecular weight is 617 g/mol. The number of halogens is 1. The van der Waals surface area contributed by atoms with Crippen LogP contribution in [0.25, 0.3) is 67.5 Å². The van der Waals surface area contributed by atoms with Crippen LogP contribution in [0.1, 0.15) is 0 Å². The van der Waals surface area contributed by atoms with Crippen LogP contribution in [0.5, 0.6) is 0 Å². The minimum atomic E-state index is 0.623. The highest BCUT2D eigenvalue weighted by Crippen LogP contribution is 2.36. The van der Waals surface area contributed by atoms with Gasteiger partial charge in [0.25, 0.3) is 0 Å². The number of aromatic nitrogens is 3. The van der Waals surface area contributed by atoms with Crippen LogP contribution in [0.2, 0.25) is 0 Å². The van der Waals surface area contributed by atoms with E-state index < -0.39 is 0 Å². The second-order valence-corrected chi connectivity index (χ2v) is 11.2. The van der Waals surface area contributed by atoms with E-state index in [2.05, 4.69) is 101 Å². The predicted molar refractivity (Wildman–Crippen MR) is 180 cm³/mol. The highest BCUT2D eigenvalue weighted by atomic mass is 79.9. The van der Waals surface area contributed by atoms with Crippen molar-refractivity contribution in [3.05, 3.63) is 162 Å². The SMILES string of the molecule is Brc1cc(-c2cc(-c3ccccc3)cc(-c3ccccc3)c2)cc(-c2nc(-c3ccccc3)nc(-c3ccccc3)n2)c1. The van der Waals surface area contributed by atoms with E-state index in [-0.39, 0.29) is 0 Å². The minimum absolute atomic E-state index is 0.623. The van der Waals surface area contributed by atoms with Gasteiger partial charge in [0.2, 0.25) is 0 Å². The fourth-order valence-corrected chi connectivity index (χ4v) is 5.71. The Labute approximate surface area is 259 Å². The Bertz CT molecular complexity index is 1750. The third-order valence-corrected chi connectivity index (χ3v) is 7.79. The van der Waals surface area contributed by atoms with Crippen molar-refractivity contribution in [3.63, 3.8) is 0 Å². The van der Waals surface area contributed by atoms with Crippen molar-refractivity contribution in [2.75, 3.05) is 0 Å². The van der Waals surface area contributed by atoms with Gasteiger partial charge in [-0.15, -0.1) is 0 Å². The summed E-state index contributed by atoms with van der Waals surface area (Å²) in [6, 6.07) is 54.3. The van der Waals surface area contributed by atoms with E-state index in [1.165, 1.54) is 11.1 Å². The molecule has 0 aliphatic heterocycles. The first-order chi connectivity index (χ1) is 21.2. The van der Waals surface area contributed by atoms with Gasteiger partial charge in [-0.3, -0.25) is 0 Å². The van der Waals surface area contributed by atoms with Gasteiger partial charge in [-0.1, -0.05) is 137 Å². The zero-order valence-electron chi connectivity index (χ0n) is 23.2. The molecule has 3 nitrogen and oxygen atoms in total. The van der Waals surface area contributed by atoms with Gasteiger partial charge in [0, 0.05) is 21.2 Å². The minimum Gasteiger partial charge on any atom is -0.208 e. The van der Waals surface area contributed by atoms with Crippen molar-refractivity contribution >= 4 is 15.9 Å². The van der Waals surface area contributed by atoms with E-state index in [4.69, 9.17) is 15.0 Å². The van der Waals surface area contributed by atoms with Gasteiger partial charge in [0.05, 0.1) is 0 Å². The van der Waals surface area contributed by atoms with Gasteiger partial charge < -0.3 is 0 Å².